The quantitative estimate of drug-likeness (QED) is 0.653. The summed E-state index contributed by atoms with van der Waals surface area (Å²) in [7, 11) is 1.52. The maximum Gasteiger partial charge on any atom is 0.275 e. The third-order valence-corrected chi connectivity index (χ3v) is 4.89. The van der Waals surface area contributed by atoms with E-state index in [9.17, 15) is 9.59 Å². The number of carbonyl (C=O) groups excluding carboxylic acids is 2. The summed E-state index contributed by atoms with van der Waals surface area (Å²) >= 11 is 1.49. The highest BCUT2D eigenvalue weighted by Crippen LogP contribution is 2.25. The average molecular weight is 402 g/mol. The zero-order valence-electron chi connectivity index (χ0n) is 16.1. The first-order valence-corrected chi connectivity index (χ1v) is 9.57. The maximum atomic E-state index is 13.1. The van der Waals surface area contributed by atoms with Gasteiger partial charge in [-0.1, -0.05) is 32.0 Å². The van der Waals surface area contributed by atoms with Gasteiger partial charge in [-0.25, -0.2) is 4.98 Å². The lowest BCUT2D eigenvalue weighted by Gasteiger charge is -2.22. The van der Waals surface area contributed by atoms with Crippen LogP contribution >= 0.6 is 11.3 Å². The fourth-order valence-corrected chi connectivity index (χ4v) is 3.27. The SMILES string of the molecule is CNC(=O)CN(Cc1nc(-c2cccs2)no1)C(=O)c1nc[nH]c1C(C)(C)C. The zero-order valence-corrected chi connectivity index (χ0v) is 17.0. The van der Waals surface area contributed by atoms with Crippen molar-refractivity contribution in [1.82, 2.24) is 30.3 Å². The van der Waals surface area contributed by atoms with E-state index >= 15 is 0 Å². The molecule has 28 heavy (non-hydrogen) atoms. The van der Waals surface area contributed by atoms with Gasteiger partial charge in [0.2, 0.25) is 17.6 Å². The van der Waals surface area contributed by atoms with Crippen molar-refractivity contribution < 1.29 is 14.1 Å². The van der Waals surface area contributed by atoms with Crippen molar-refractivity contribution in [2.24, 2.45) is 0 Å². The molecule has 148 valence electrons. The van der Waals surface area contributed by atoms with Gasteiger partial charge >= 0.3 is 0 Å². The third kappa shape index (κ3) is 4.28. The number of rotatable bonds is 6. The Bertz CT molecular complexity index is 954. The first kappa shape index (κ1) is 19.7. The maximum absolute atomic E-state index is 13.1. The highest BCUT2D eigenvalue weighted by Gasteiger charge is 2.29. The number of aromatic amines is 1. The summed E-state index contributed by atoms with van der Waals surface area (Å²) in [4.78, 5) is 38.9. The summed E-state index contributed by atoms with van der Waals surface area (Å²) in [5.74, 6) is 0.00540. The molecule has 9 nitrogen and oxygen atoms in total. The van der Waals surface area contributed by atoms with E-state index in [0.717, 1.165) is 4.88 Å². The van der Waals surface area contributed by atoms with E-state index in [-0.39, 0.29) is 41.9 Å². The van der Waals surface area contributed by atoms with Crippen LogP contribution in [0.5, 0.6) is 0 Å². The molecule has 0 aliphatic carbocycles. The van der Waals surface area contributed by atoms with E-state index in [4.69, 9.17) is 4.52 Å². The third-order valence-electron chi connectivity index (χ3n) is 4.03. The standard InChI is InChI=1S/C18H22N6O3S/c1-18(2,3)15-14(20-10-21-15)17(26)24(8-12(25)19-4)9-13-22-16(23-27-13)11-6-5-7-28-11/h5-7,10H,8-9H2,1-4H3,(H,19,25)(H,20,21). The van der Waals surface area contributed by atoms with Crippen LogP contribution in [-0.4, -0.2) is 50.4 Å². The fraction of sp³-hybridized carbons (Fsp3) is 0.389. The summed E-state index contributed by atoms with van der Waals surface area (Å²) in [6.45, 7) is 5.78. The van der Waals surface area contributed by atoms with Crippen molar-refractivity contribution in [1.29, 1.82) is 0 Å². The van der Waals surface area contributed by atoms with Crippen LogP contribution in [0.25, 0.3) is 10.7 Å². The summed E-state index contributed by atoms with van der Waals surface area (Å²) in [6, 6.07) is 3.77. The molecule has 0 aliphatic rings. The van der Waals surface area contributed by atoms with Crippen molar-refractivity contribution in [2.75, 3.05) is 13.6 Å². The number of H-pyrrole nitrogens is 1. The van der Waals surface area contributed by atoms with Gasteiger partial charge < -0.3 is 19.7 Å². The first-order valence-electron chi connectivity index (χ1n) is 8.69. The second kappa shape index (κ2) is 7.93. The molecular formula is C18H22N6O3S. The lowest BCUT2D eigenvalue weighted by atomic mass is 9.90. The predicted octanol–water partition coefficient (Wildman–Crippen LogP) is 2.21. The number of hydrogen-bond acceptors (Lipinski definition) is 7. The lowest BCUT2D eigenvalue weighted by Crippen LogP contribution is -2.40. The molecule has 0 bridgehead atoms. The van der Waals surface area contributed by atoms with Crippen LogP contribution in [-0.2, 0) is 16.8 Å². The van der Waals surface area contributed by atoms with E-state index in [1.54, 1.807) is 0 Å². The van der Waals surface area contributed by atoms with Gasteiger partial charge in [-0.15, -0.1) is 11.3 Å². The number of carbonyl (C=O) groups is 2. The van der Waals surface area contributed by atoms with Crippen LogP contribution in [0.2, 0.25) is 0 Å². The molecule has 0 spiro atoms. The molecule has 0 unspecified atom stereocenters. The molecule has 0 atom stereocenters. The Balaban J connectivity index is 1.86. The molecule has 3 heterocycles. The Morgan fingerprint density at radius 2 is 2.14 bits per heavy atom. The van der Waals surface area contributed by atoms with Gasteiger partial charge in [0, 0.05) is 12.5 Å². The topological polar surface area (TPSA) is 117 Å². The largest absolute Gasteiger partial charge is 0.358 e. The summed E-state index contributed by atoms with van der Waals surface area (Å²) in [6.07, 6.45) is 1.48. The molecule has 3 aromatic heterocycles. The average Bonchev–Trinajstić information content (AvgIpc) is 3.39. The summed E-state index contributed by atoms with van der Waals surface area (Å²) < 4.78 is 5.29. The number of imidazole rings is 1. The van der Waals surface area contributed by atoms with Gasteiger partial charge in [0.05, 0.1) is 16.9 Å². The Kier molecular flexibility index (Phi) is 5.59. The van der Waals surface area contributed by atoms with Crippen LogP contribution < -0.4 is 5.32 Å². The number of nitrogens with zero attached hydrogens (tertiary/aromatic N) is 4. The van der Waals surface area contributed by atoms with E-state index in [1.807, 2.05) is 38.3 Å². The van der Waals surface area contributed by atoms with Gasteiger partial charge in [-0.2, -0.15) is 4.98 Å². The number of nitrogens with one attached hydrogen (secondary N) is 2. The van der Waals surface area contributed by atoms with Crippen LogP contribution in [0, 0.1) is 0 Å². The molecule has 0 saturated carbocycles. The van der Waals surface area contributed by atoms with E-state index in [2.05, 4.69) is 25.4 Å². The molecule has 0 fully saturated rings. The molecule has 0 saturated heterocycles. The normalized spacial score (nSPS) is 11.4. The Labute approximate surface area is 166 Å². The van der Waals surface area contributed by atoms with Gasteiger partial charge in [0.15, 0.2) is 0 Å². The highest BCUT2D eigenvalue weighted by atomic mass is 32.1. The summed E-state index contributed by atoms with van der Waals surface area (Å²) in [5, 5.41) is 8.40. The number of hydrogen-bond donors (Lipinski definition) is 2. The van der Waals surface area contributed by atoms with Crippen molar-refractivity contribution in [3.8, 4) is 10.7 Å². The van der Waals surface area contributed by atoms with E-state index in [1.165, 1.54) is 29.6 Å². The molecule has 0 aliphatic heterocycles. The molecule has 0 radical (unpaired) electrons. The van der Waals surface area contributed by atoms with E-state index in [0.29, 0.717) is 11.5 Å². The summed E-state index contributed by atoms with van der Waals surface area (Å²) in [5.41, 5.74) is 0.662. The van der Waals surface area contributed by atoms with Gasteiger partial charge in [0.25, 0.3) is 5.91 Å². The number of aromatic nitrogens is 4. The second-order valence-electron chi connectivity index (χ2n) is 7.20. The minimum Gasteiger partial charge on any atom is -0.358 e. The molecule has 3 aromatic rings. The van der Waals surface area contributed by atoms with Crippen molar-refractivity contribution in [3.05, 3.63) is 41.1 Å². The molecular weight excluding hydrogens is 380 g/mol. The Morgan fingerprint density at radius 1 is 1.36 bits per heavy atom. The zero-order chi connectivity index (χ0) is 20.3. The fourth-order valence-electron chi connectivity index (χ4n) is 2.62. The molecule has 3 rings (SSSR count). The number of likely N-dealkylation sites (N-methyl/N-ethyl adjacent to an activating group) is 1. The van der Waals surface area contributed by atoms with Crippen LogP contribution in [0.1, 0.15) is 42.8 Å². The van der Waals surface area contributed by atoms with Crippen LogP contribution in [0.3, 0.4) is 0 Å². The van der Waals surface area contributed by atoms with Gasteiger partial charge in [-0.05, 0) is 11.4 Å². The number of thiophene rings is 1. The number of amides is 2. The minimum atomic E-state index is -0.384. The van der Waals surface area contributed by atoms with Crippen molar-refractivity contribution >= 4 is 23.2 Å². The van der Waals surface area contributed by atoms with Gasteiger partial charge in [-0.3, -0.25) is 9.59 Å². The molecule has 2 amide bonds. The second-order valence-corrected chi connectivity index (χ2v) is 8.15. The molecule has 10 heteroatoms. The minimum absolute atomic E-state index is 0.00106. The van der Waals surface area contributed by atoms with Crippen LogP contribution in [0.15, 0.2) is 28.4 Å². The lowest BCUT2D eigenvalue weighted by molar-refractivity contribution is -0.121. The Hall–Kier alpha value is -3.01. The molecule has 0 aromatic carbocycles. The van der Waals surface area contributed by atoms with E-state index < -0.39 is 0 Å². The first-order chi connectivity index (χ1) is 13.3. The highest BCUT2D eigenvalue weighted by molar-refractivity contribution is 7.13. The van der Waals surface area contributed by atoms with Gasteiger partial charge in [0.1, 0.15) is 18.8 Å². The Morgan fingerprint density at radius 3 is 2.79 bits per heavy atom. The smallest absolute Gasteiger partial charge is 0.275 e. The van der Waals surface area contributed by atoms with Crippen molar-refractivity contribution in [3.63, 3.8) is 0 Å². The van der Waals surface area contributed by atoms with Crippen LogP contribution in [0.4, 0.5) is 0 Å². The predicted molar refractivity (Wildman–Crippen MR) is 104 cm³/mol. The molecule has 2 N–H and O–H groups in total. The van der Waals surface area contributed by atoms with Crippen molar-refractivity contribution in [2.45, 2.75) is 32.7 Å². The monoisotopic (exact) mass is 402 g/mol.